The molecule has 10 nitrogen and oxygen atoms in total. The van der Waals surface area contributed by atoms with Crippen LogP contribution in [0.15, 0.2) is 60.7 Å². The van der Waals surface area contributed by atoms with Crippen molar-refractivity contribution in [2.45, 2.75) is 65.3 Å². The Morgan fingerprint density at radius 3 is 2.40 bits per heavy atom. The monoisotopic (exact) mass is 662 g/mol. The zero-order chi connectivity index (χ0) is 33.9. The van der Waals surface area contributed by atoms with Crippen molar-refractivity contribution >= 4 is 39.9 Å². The lowest BCUT2D eigenvalue weighted by molar-refractivity contribution is -0.132. The van der Waals surface area contributed by atoms with Crippen LogP contribution in [-0.2, 0) is 14.3 Å². The molecule has 0 saturated carbocycles. The number of aliphatic hydroxyl groups is 1. The number of benzene rings is 2. The van der Waals surface area contributed by atoms with Crippen molar-refractivity contribution in [1.29, 1.82) is 0 Å². The molecule has 1 aliphatic heterocycles. The highest BCUT2D eigenvalue weighted by molar-refractivity contribution is 7.17. The molecule has 0 bridgehead atoms. The number of rotatable bonds is 17. The average molecular weight is 663 g/mol. The molecule has 1 aromatic heterocycles. The SMILES string of the molecule is C=CCOC(=O)c1sc(N2C(=O)C(=O)/C(=C(\O)c3ccc(OCCCC)cc3)C2c2ccc(OCCCCCC)c(OC)c2)nc1C. The molecule has 1 N–H and O–H groups in total. The first kappa shape index (κ1) is 35.2. The van der Waals surface area contributed by atoms with Crippen molar-refractivity contribution in [2.75, 3.05) is 31.8 Å². The second-order valence-corrected chi connectivity index (χ2v) is 12.0. The Balaban J connectivity index is 1.79. The van der Waals surface area contributed by atoms with Gasteiger partial charge in [0.1, 0.15) is 23.0 Å². The molecule has 1 saturated heterocycles. The van der Waals surface area contributed by atoms with Crippen molar-refractivity contribution in [3.8, 4) is 17.2 Å². The van der Waals surface area contributed by atoms with Crippen molar-refractivity contribution in [1.82, 2.24) is 4.98 Å². The molecule has 1 unspecified atom stereocenters. The molecular weight excluding hydrogens is 620 g/mol. The maximum absolute atomic E-state index is 13.7. The number of anilines is 1. The maximum Gasteiger partial charge on any atom is 0.350 e. The fourth-order valence-corrected chi connectivity index (χ4v) is 6.09. The number of amides is 1. The van der Waals surface area contributed by atoms with E-state index >= 15 is 0 Å². The summed E-state index contributed by atoms with van der Waals surface area (Å²) in [5, 5.41) is 11.7. The fraction of sp³-hybridized carbons (Fsp3) is 0.389. The van der Waals surface area contributed by atoms with E-state index in [9.17, 15) is 19.5 Å². The quantitative estimate of drug-likeness (QED) is 0.0389. The highest BCUT2D eigenvalue weighted by Crippen LogP contribution is 2.45. The van der Waals surface area contributed by atoms with E-state index in [4.69, 9.17) is 18.9 Å². The molecule has 1 atom stereocenters. The highest BCUT2D eigenvalue weighted by Gasteiger charge is 2.48. The van der Waals surface area contributed by atoms with Gasteiger partial charge in [-0.2, -0.15) is 0 Å². The summed E-state index contributed by atoms with van der Waals surface area (Å²) in [6, 6.07) is 10.7. The van der Waals surface area contributed by atoms with E-state index in [2.05, 4.69) is 25.4 Å². The summed E-state index contributed by atoms with van der Waals surface area (Å²) in [6.45, 7) is 10.5. The van der Waals surface area contributed by atoms with E-state index < -0.39 is 23.7 Å². The predicted octanol–water partition coefficient (Wildman–Crippen LogP) is 7.57. The Labute approximate surface area is 279 Å². The molecule has 1 amide bonds. The molecule has 11 heteroatoms. The molecule has 2 heterocycles. The van der Waals surface area contributed by atoms with Gasteiger partial charge in [0.05, 0.1) is 37.6 Å². The van der Waals surface area contributed by atoms with Gasteiger partial charge in [-0.05, 0) is 61.7 Å². The van der Waals surface area contributed by atoms with Gasteiger partial charge in [0.2, 0.25) is 0 Å². The van der Waals surface area contributed by atoms with Gasteiger partial charge in [0.25, 0.3) is 5.78 Å². The number of hydrogen-bond donors (Lipinski definition) is 1. The Hall–Kier alpha value is -4.64. The van der Waals surface area contributed by atoms with Gasteiger partial charge in [-0.15, -0.1) is 0 Å². The van der Waals surface area contributed by atoms with Crippen LogP contribution in [0, 0.1) is 6.92 Å². The van der Waals surface area contributed by atoms with Crippen LogP contribution in [0.1, 0.15) is 84.9 Å². The van der Waals surface area contributed by atoms with Crippen LogP contribution in [0.25, 0.3) is 5.76 Å². The van der Waals surface area contributed by atoms with Crippen LogP contribution in [-0.4, -0.2) is 54.7 Å². The third kappa shape index (κ3) is 8.21. The number of ketones is 1. The third-order valence-corrected chi connectivity index (χ3v) is 8.74. The van der Waals surface area contributed by atoms with E-state index in [1.54, 1.807) is 49.4 Å². The number of unbranched alkanes of at least 4 members (excludes halogenated alkanes) is 4. The second kappa shape index (κ2) is 16.8. The lowest BCUT2D eigenvalue weighted by Crippen LogP contribution is -2.29. The maximum atomic E-state index is 13.7. The number of nitrogens with zero attached hydrogens (tertiary/aromatic N) is 2. The number of hydrogen-bond acceptors (Lipinski definition) is 10. The minimum absolute atomic E-state index is 0.00523. The zero-order valence-electron chi connectivity index (χ0n) is 27.4. The average Bonchev–Trinajstić information content (AvgIpc) is 3.59. The fourth-order valence-electron chi connectivity index (χ4n) is 5.10. The number of thiazole rings is 1. The molecule has 250 valence electrons. The summed E-state index contributed by atoms with van der Waals surface area (Å²) in [5.41, 5.74) is 1.01. The van der Waals surface area contributed by atoms with Gasteiger partial charge >= 0.3 is 11.9 Å². The van der Waals surface area contributed by atoms with Crippen LogP contribution in [0.3, 0.4) is 0 Å². The first-order chi connectivity index (χ1) is 22.7. The van der Waals surface area contributed by atoms with Crippen molar-refractivity contribution in [3.05, 3.63) is 82.4 Å². The number of methoxy groups -OCH3 is 1. The van der Waals surface area contributed by atoms with Crippen molar-refractivity contribution in [3.63, 3.8) is 0 Å². The van der Waals surface area contributed by atoms with Gasteiger partial charge in [0, 0.05) is 5.56 Å². The van der Waals surface area contributed by atoms with Gasteiger partial charge < -0.3 is 24.1 Å². The van der Waals surface area contributed by atoms with Crippen LogP contribution in [0.4, 0.5) is 5.13 Å². The number of carbonyl (C=O) groups excluding carboxylic acids is 3. The molecule has 0 spiro atoms. The molecule has 1 fully saturated rings. The minimum atomic E-state index is -1.09. The molecule has 1 aliphatic rings. The van der Waals surface area contributed by atoms with Crippen LogP contribution >= 0.6 is 11.3 Å². The molecule has 2 aromatic carbocycles. The number of aliphatic hydroxyl groups excluding tert-OH is 1. The number of carbonyl (C=O) groups is 3. The Bertz CT molecular complexity index is 1610. The number of aromatic nitrogens is 1. The minimum Gasteiger partial charge on any atom is -0.507 e. The number of Topliss-reactive ketones (excluding diaryl/α,β-unsaturated/α-hetero) is 1. The van der Waals surface area contributed by atoms with Gasteiger partial charge in [-0.1, -0.05) is 69.6 Å². The van der Waals surface area contributed by atoms with Crippen LogP contribution < -0.4 is 19.1 Å². The van der Waals surface area contributed by atoms with Gasteiger partial charge in [0.15, 0.2) is 16.6 Å². The van der Waals surface area contributed by atoms with E-state index in [-0.39, 0.29) is 27.9 Å². The summed E-state index contributed by atoms with van der Waals surface area (Å²) in [6.07, 6.45) is 7.52. The molecular formula is C36H42N2O8S. The first-order valence-corrected chi connectivity index (χ1v) is 16.7. The lowest BCUT2D eigenvalue weighted by atomic mass is 9.95. The summed E-state index contributed by atoms with van der Waals surface area (Å²) in [4.78, 5) is 46.1. The Morgan fingerprint density at radius 1 is 1.00 bits per heavy atom. The normalized spacial score (nSPS) is 15.5. The molecule has 0 radical (unpaired) electrons. The topological polar surface area (TPSA) is 124 Å². The Morgan fingerprint density at radius 2 is 1.72 bits per heavy atom. The predicted molar refractivity (Wildman–Crippen MR) is 182 cm³/mol. The van der Waals surface area contributed by atoms with E-state index in [0.29, 0.717) is 47.3 Å². The summed E-state index contributed by atoms with van der Waals surface area (Å²) >= 11 is 0.927. The highest BCUT2D eigenvalue weighted by atomic mass is 32.1. The van der Waals surface area contributed by atoms with Crippen molar-refractivity contribution < 1.29 is 38.4 Å². The summed E-state index contributed by atoms with van der Waals surface area (Å²) in [5.74, 6) is -1.23. The van der Waals surface area contributed by atoms with E-state index in [1.165, 1.54) is 18.1 Å². The number of esters is 1. The van der Waals surface area contributed by atoms with Gasteiger partial charge in [-0.25, -0.2) is 9.78 Å². The summed E-state index contributed by atoms with van der Waals surface area (Å²) in [7, 11) is 1.51. The van der Waals surface area contributed by atoms with Crippen LogP contribution in [0.5, 0.6) is 17.2 Å². The summed E-state index contributed by atoms with van der Waals surface area (Å²) < 4.78 is 22.6. The number of aryl methyl sites for hydroxylation is 1. The van der Waals surface area contributed by atoms with Crippen molar-refractivity contribution in [2.24, 2.45) is 0 Å². The van der Waals surface area contributed by atoms with E-state index in [0.717, 1.165) is 49.9 Å². The standard InChI is InChI=1S/C36H42N2O8S/c1-6-9-11-12-21-45-27-18-15-25(22-28(27)43-5)30-29(31(39)24-13-16-26(17-14-24)44-20-10-7-2)32(40)34(41)38(30)36-37-23(4)33(47-36)35(42)46-19-8-3/h8,13-18,22,30,39H,3,6-7,9-12,19-21H2,1-2,4-5H3/b31-29-. The Kier molecular flexibility index (Phi) is 12.6. The van der Waals surface area contributed by atoms with E-state index in [1.807, 2.05) is 0 Å². The third-order valence-electron chi connectivity index (χ3n) is 7.61. The molecule has 47 heavy (non-hydrogen) atoms. The first-order valence-electron chi connectivity index (χ1n) is 15.9. The van der Waals surface area contributed by atoms with Crippen LogP contribution in [0.2, 0.25) is 0 Å². The smallest absolute Gasteiger partial charge is 0.350 e. The number of ether oxygens (including phenoxy) is 4. The zero-order valence-corrected chi connectivity index (χ0v) is 28.2. The molecule has 4 rings (SSSR count). The lowest BCUT2D eigenvalue weighted by Gasteiger charge is -2.24. The van der Waals surface area contributed by atoms with Gasteiger partial charge in [-0.3, -0.25) is 14.5 Å². The molecule has 0 aliphatic carbocycles. The largest absolute Gasteiger partial charge is 0.507 e. The molecule has 3 aromatic rings. The second-order valence-electron chi connectivity index (χ2n) is 11.0.